The Morgan fingerprint density at radius 2 is 2.31 bits per heavy atom. The summed E-state index contributed by atoms with van der Waals surface area (Å²) >= 11 is 0. The van der Waals surface area contributed by atoms with E-state index in [1.807, 2.05) is 0 Å². The molecule has 0 heterocycles. The van der Waals surface area contributed by atoms with E-state index in [0.717, 1.165) is 0 Å². The molecule has 0 atom stereocenters. The third-order valence-electron chi connectivity index (χ3n) is 1.62. The fourth-order valence-electron chi connectivity index (χ4n) is 0.948. The van der Waals surface area contributed by atoms with Gasteiger partial charge in [-0.25, -0.2) is 4.79 Å². The van der Waals surface area contributed by atoms with Crippen LogP contribution in [-0.2, 0) is 4.74 Å². The minimum Gasteiger partial charge on any atom is -0.465 e. The highest BCUT2D eigenvalue weighted by Crippen LogP contribution is 2.14. The molecular weight excluding hydrogens is 166 g/mol. The van der Waals surface area contributed by atoms with Crippen molar-refractivity contribution in [3.63, 3.8) is 0 Å². The van der Waals surface area contributed by atoms with Crippen molar-refractivity contribution in [1.29, 1.82) is 0 Å². The van der Waals surface area contributed by atoms with Crippen molar-refractivity contribution < 1.29 is 9.53 Å². The first-order valence-corrected chi connectivity index (χ1v) is 3.63. The highest BCUT2D eigenvalue weighted by atomic mass is 16.5. The Bertz CT molecular complexity index is 377. The Morgan fingerprint density at radius 3 is 2.77 bits per heavy atom. The van der Waals surface area contributed by atoms with E-state index < -0.39 is 5.97 Å². The second-order valence-electron chi connectivity index (χ2n) is 2.44. The van der Waals surface area contributed by atoms with Crippen molar-refractivity contribution in [2.24, 2.45) is 0 Å². The molecular formula is C10H9NO2. The summed E-state index contributed by atoms with van der Waals surface area (Å²) in [6.07, 6.45) is 5.16. The minimum absolute atomic E-state index is 0.335. The van der Waals surface area contributed by atoms with Crippen LogP contribution in [0.3, 0.4) is 0 Å². The second kappa shape index (κ2) is 3.63. The van der Waals surface area contributed by atoms with Crippen LogP contribution in [0.4, 0.5) is 5.69 Å². The Balaban J connectivity index is 3.14. The maximum atomic E-state index is 11.1. The van der Waals surface area contributed by atoms with Gasteiger partial charge in [-0.15, -0.1) is 6.42 Å². The number of rotatable bonds is 1. The monoisotopic (exact) mass is 175 g/mol. The topological polar surface area (TPSA) is 52.3 Å². The number of esters is 1. The van der Waals surface area contributed by atoms with Gasteiger partial charge >= 0.3 is 5.97 Å². The molecule has 2 N–H and O–H groups in total. The Labute approximate surface area is 76.5 Å². The maximum absolute atomic E-state index is 11.1. The molecule has 0 spiro atoms. The average molecular weight is 175 g/mol. The van der Waals surface area contributed by atoms with Gasteiger partial charge in [0.15, 0.2) is 0 Å². The fraction of sp³-hybridized carbons (Fsp3) is 0.100. The number of anilines is 1. The molecule has 13 heavy (non-hydrogen) atoms. The number of benzene rings is 1. The zero-order valence-corrected chi connectivity index (χ0v) is 7.20. The molecule has 0 aliphatic rings. The van der Waals surface area contributed by atoms with Crippen LogP contribution in [0.25, 0.3) is 0 Å². The van der Waals surface area contributed by atoms with E-state index in [1.165, 1.54) is 7.11 Å². The molecule has 0 unspecified atom stereocenters. The lowest BCUT2D eigenvalue weighted by Gasteiger charge is -2.03. The molecule has 0 aliphatic heterocycles. The van der Waals surface area contributed by atoms with Gasteiger partial charge in [0.2, 0.25) is 0 Å². The summed E-state index contributed by atoms with van der Waals surface area (Å²) < 4.78 is 4.52. The molecule has 1 rings (SSSR count). The zero-order chi connectivity index (χ0) is 9.84. The van der Waals surface area contributed by atoms with Crippen LogP contribution >= 0.6 is 0 Å². The molecule has 3 heteroatoms. The predicted octanol–water partition coefficient (Wildman–Crippen LogP) is 1.04. The smallest absolute Gasteiger partial charge is 0.339 e. The molecule has 0 aromatic heterocycles. The molecule has 1 aromatic carbocycles. The molecule has 1 aromatic rings. The highest BCUT2D eigenvalue weighted by molar-refractivity contribution is 5.95. The number of carbonyl (C=O) groups excluding carboxylic acids is 1. The van der Waals surface area contributed by atoms with Crippen molar-refractivity contribution in [2.45, 2.75) is 0 Å². The summed E-state index contributed by atoms with van der Waals surface area (Å²) in [6, 6.07) is 4.76. The quantitative estimate of drug-likeness (QED) is 0.394. The normalized spacial score (nSPS) is 8.92. The van der Waals surface area contributed by atoms with Crippen LogP contribution in [0.2, 0.25) is 0 Å². The molecule has 0 fully saturated rings. The van der Waals surface area contributed by atoms with E-state index in [2.05, 4.69) is 10.7 Å². The van der Waals surface area contributed by atoms with E-state index in [0.29, 0.717) is 16.8 Å². The molecule has 3 nitrogen and oxygen atoms in total. The summed E-state index contributed by atoms with van der Waals surface area (Å²) in [6.45, 7) is 0. The number of ether oxygens (including phenoxy) is 1. The number of nitrogen functional groups attached to an aromatic ring is 1. The zero-order valence-electron chi connectivity index (χ0n) is 7.20. The summed E-state index contributed by atoms with van der Waals surface area (Å²) in [4.78, 5) is 11.1. The summed E-state index contributed by atoms with van der Waals surface area (Å²) in [7, 11) is 1.30. The molecule has 0 aliphatic carbocycles. The molecule has 66 valence electrons. The molecule has 0 bridgehead atoms. The van der Waals surface area contributed by atoms with Gasteiger partial charge in [-0.1, -0.05) is 5.92 Å². The summed E-state index contributed by atoms with van der Waals surface area (Å²) in [5, 5.41) is 0. The van der Waals surface area contributed by atoms with E-state index in [1.54, 1.807) is 18.2 Å². The van der Waals surface area contributed by atoms with Crippen LogP contribution in [0.1, 0.15) is 15.9 Å². The lowest BCUT2D eigenvalue weighted by atomic mass is 10.1. The van der Waals surface area contributed by atoms with Gasteiger partial charge in [0.25, 0.3) is 0 Å². The second-order valence-corrected chi connectivity index (χ2v) is 2.44. The van der Waals surface area contributed by atoms with E-state index in [9.17, 15) is 4.79 Å². The third-order valence-corrected chi connectivity index (χ3v) is 1.62. The average Bonchev–Trinajstić information content (AvgIpc) is 2.16. The number of hydrogen-bond acceptors (Lipinski definition) is 3. The van der Waals surface area contributed by atoms with Gasteiger partial charge in [-0.2, -0.15) is 0 Å². The van der Waals surface area contributed by atoms with E-state index in [4.69, 9.17) is 12.2 Å². The largest absolute Gasteiger partial charge is 0.465 e. The number of carbonyl (C=O) groups is 1. The van der Waals surface area contributed by atoms with E-state index >= 15 is 0 Å². The fourth-order valence-corrected chi connectivity index (χ4v) is 0.948. The first kappa shape index (κ1) is 9.14. The van der Waals surface area contributed by atoms with Crippen LogP contribution in [0.15, 0.2) is 18.2 Å². The van der Waals surface area contributed by atoms with Gasteiger partial charge in [0, 0.05) is 11.3 Å². The van der Waals surface area contributed by atoms with Gasteiger partial charge in [-0.05, 0) is 18.2 Å². The Morgan fingerprint density at radius 1 is 1.62 bits per heavy atom. The summed E-state index contributed by atoms with van der Waals surface area (Å²) in [5.41, 5.74) is 6.89. The lowest BCUT2D eigenvalue weighted by molar-refractivity contribution is 0.0602. The van der Waals surface area contributed by atoms with Gasteiger partial charge in [0.05, 0.1) is 12.7 Å². The van der Waals surface area contributed by atoms with Crippen LogP contribution in [-0.4, -0.2) is 13.1 Å². The van der Waals surface area contributed by atoms with Gasteiger partial charge < -0.3 is 10.5 Å². The van der Waals surface area contributed by atoms with Crippen molar-refractivity contribution >= 4 is 11.7 Å². The number of hydrogen-bond donors (Lipinski definition) is 1. The van der Waals surface area contributed by atoms with Crippen LogP contribution < -0.4 is 5.73 Å². The third kappa shape index (κ3) is 1.79. The number of methoxy groups -OCH3 is 1. The Hall–Kier alpha value is -1.95. The van der Waals surface area contributed by atoms with Crippen LogP contribution in [0, 0.1) is 12.3 Å². The number of terminal acetylenes is 1. The van der Waals surface area contributed by atoms with Crippen LogP contribution in [0.5, 0.6) is 0 Å². The van der Waals surface area contributed by atoms with E-state index in [-0.39, 0.29) is 0 Å². The summed E-state index contributed by atoms with van der Waals surface area (Å²) in [5.74, 6) is 1.96. The van der Waals surface area contributed by atoms with Crippen molar-refractivity contribution in [3.05, 3.63) is 29.3 Å². The molecule has 0 saturated carbocycles. The van der Waals surface area contributed by atoms with Gasteiger partial charge in [0.1, 0.15) is 0 Å². The molecule has 0 amide bonds. The molecule has 0 saturated heterocycles. The molecule has 0 radical (unpaired) electrons. The Kier molecular flexibility index (Phi) is 2.56. The standard InChI is InChI=1S/C10H9NO2/c1-3-7-4-5-8(9(11)6-7)10(12)13-2/h1,4-6H,11H2,2H3. The van der Waals surface area contributed by atoms with Crippen molar-refractivity contribution in [1.82, 2.24) is 0 Å². The number of nitrogens with two attached hydrogens (primary N) is 1. The first-order chi connectivity index (χ1) is 6.19. The minimum atomic E-state index is -0.457. The maximum Gasteiger partial charge on any atom is 0.339 e. The highest BCUT2D eigenvalue weighted by Gasteiger charge is 2.08. The van der Waals surface area contributed by atoms with Gasteiger partial charge in [-0.3, -0.25) is 0 Å². The first-order valence-electron chi connectivity index (χ1n) is 3.63. The van der Waals surface area contributed by atoms with Crippen molar-refractivity contribution in [2.75, 3.05) is 12.8 Å². The lowest BCUT2D eigenvalue weighted by Crippen LogP contribution is -2.05. The SMILES string of the molecule is C#Cc1ccc(C(=O)OC)c(N)c1. The predicted molar refractivity (Wildman–Crippen MR) is 50.1 cm³/mol. The van der Waals surface area contributed by atoms with Crippen molar-refractivity contribution in [3.8, 4) is 12.3 Å².